The van der Waals surface area contributed by atoms with Gasteiger partial charge in [-0.15, -0.1) is 0 Å². The number of ether oxygens (including phenoxy) is 1. The van der Waals surface area contributed by atoms with Crippen molar-refractivity contribution < 1.29 is 14.3 Å². The molecule has 0 aliphatic carbocycles. The lowest BCUT2D eigenvalue weighted by atomic mass is 10.1. The van der Waals surface area contributed by atoms with Crippen LogP contribution in [-0.2, 0) is 14.3 Å². The van der Waals surface area contributed by atoms with Crippen molar-refractivity contribution in [3.63, 3.8) is 0 Å². The molecule has 15 heavy (non-hydrogen) atoms. The molecule has 2 rings (SSSR count). The first-order valence-corrected chi connectivity index (χ1v) is 6.06. The molecule has 2 aliphatic heterocycles. The monoisotopic (exact) mass is 227 g/mol. The lowest BCUT2D eigenvalue weighted by Crippen LogP contribution is -2.31. The zero-order valence-corrected chi connectivity index (χ0v) is 9.43. The van der Waals surface area contributed by atoms with E-state index in [9.17, 15) is 9.59 Å². The highest BCUT2D eigenvalue weighted by atomic mass is 32.2. The van der Waals surface area contributed by atoms with Crippen LogP contribution in [0.3, 0.4) is 0 Å². The van der Waals surface area contributed by atoms with Crippen molar-refractivity contribution in [1.82, 2.24) is 4.90 Å². The number of esters is 1. The van der Waals surface area contributed by atoms with Crippen molar-refractivity contribution in [2.45, 2.75) is 19.8 Å². The molecule has 2 heterocycles. The van der Waals surface area contributed by atoms with Crippen molar-refractivity contribution in [3.8, 4) is 0 Å². The maximum atomic E-state index is 11.6. The Hall–Kier alpha value is -0.970. The van der Waals surface area contributed by atoms with E-state index in [0.717, 1.165) is 24.4 Å². The average Bonchev–Trinajstić information content (AvgIpc) is 2.61. The van der Waals surface area contributed by atoms with Crippen molar-refractivity contribution in [3.05, 3.63) is 10.6 Å². The van der Waals surface area contributed by atoms with Crippen molar-refractivity contribution in [2.24, 2.45) is 0 Å². The lowest BCUT2D eigenvalue weighted by Gasteiger charge is -2.24. The number of hydrogen-bond donors (Lipinski definition) is 0. The molecule has 0 spiro atoms. The molecule has 0 aromatic carbocycles. The summed E-state index contributed by atoms with van der Waals surface area (Å²) in [5.41, 5.74) is 0.680. The van der Waals surface area contributed by atoms with Crippen LogP contribution in [0.4, 0.5) is 0 Å². The maximum Gasteiger partial charge on any atom is 0.336 e. The van der Waals surface area contributed by atoms with Gasteiger partial charge in [-0.25, -0.2) is 4.79 Å². The van der Waals surface area contributed by atoms with Crippen molar-refractivity contribution in [2.75, 3.05) is 18.9 Å². The van der Waals surface area contributed by atoms with Crippen LogP contribution in [0.5, 0.6) is 0 Å². The minimum absolute atomic E-state index is 0.108. The van der Waals surface area contributed by atoms with Gasteiger partial charge in [-0.3, -0.25) is 4.79 Å². The van der Waals surface area contributed by atoms with Crippen LogP contribution in [0.2, 0.25) is 0 Å². The molecule has 5 heteroatoms. The van der Waals surface area contributed by atoms with E-state index >= 15 is 0 Å². The molecule has 1 amide bonds. The summed E-state index contributed by atoms with van der Waals surface area (Å²) >= 11 is 1.45. The molecule has 0 unspecified atom stereocenters. The molecular weight excluding hydrogens is 214 g/mol. The van der Waals surface area contributed by atoms with Crippen LogP contribution in [0.25, 0.3) is 0 Å². The highest BCUT2D eigenvalue weighted by molar-refractivity contribution is 8.04. The van der Waals surface area contributed by atoms with E-state index in [0.29, 0.717) is 17.9 Å². The van der Waals surface area contributed by atoms with Gasteiger partial charge in [0, 0.05) is 6.54 Å². The number of rotatable bonds is 2. The summed E-state index contributed by atoms with van der Waals surface area (Å²) in [7, 11) is 0. The Morgan fingerprint density at radius 2 is 2.40 bits per heavy atom. The number of carbonyl (C=O) groups excluding carboxylic acids is 2. The van der Waals surface area contributed by atoms with Gasteiger partial charge in [-0.2, -0.15) is 0 Å². The quantitative estimate of drug-likeness (QED) is 0.663. The van der Waals surface area contributed by atoms with Crippen LogP contribution in [0, 0.1) is 0 Å². The predicted molar refractivity (Wildman–Crippen MR) is 57.1 cm³/mol. The first kappa shape index (κ1) is 10.5. The lowest BCUT2D eigenvalue weighted by molar-refractivity contribution is -0.139. The summed E-state index contributed by atoms with van der Waals surface area (Å²) in [6.45, 7) is 2.91. The van der Waals surface area contributed by atoms with Gasteiger partial charge in [-0.05, 0) is 19.8 Å². The van der Waals surface area contributed by atoms with Gasteiger partial charge in [-0.1, -0.05) is 11.8 Å². The summed E-state index contributed by atoms with van der Waals surface area (Å²) in [5.74, 6) is 0.300. The fraction of sp³-hybridized carbons (Fsp3) is 0.600. The molecule has 0 bridgehead atoms. The summed E-state index contributed by atoms with van der Waals surface area (Å²) in [4.78, 5) is 24.8. The smallest absolute Gasteiger partial charge is 0.336 e. The minimum atomic E-state index is -0.264. The second kappa shape index (κ2) is 4.26. The zero-order valence-electron chi connectivity index (χ0n) is 8.62. The molecule has 82 valence electrons. The van der Waals surface area contributed by atoms with Crippen molar-refractivity contribution >= 4 is 23.6 Å². The Kier molecular flexibility index (Phi) is 3.00. The fourth-order valence-corrected chi connectivity index (χ4v) is 2.93. The maximum absolute atomic E-state index is 11.6. The topological polar surface area (TPSA) is 46.6 Å². The van der Waals surface area contributed by atoms with Crippen LogP contribution in [-0.4, -0.2) is 35.7 Å². The van der Waals surface area contributed by atoms with E-state index in [4.69, 9.17) is 4.74 Å². The SMILES string of the molecule is CCOC(=O)C1=C2SCC(=O)N2CCC1. The number of thioether (sulfide) groups is 1. The highest BCUT2D eigenvalue weighted by Gasteiger charge is 2.34. The third kappa shape index (κ3) is 1.88. The minimum Gasteiger partial charge on any atom is -0.463 e. The van der Waals surface area contributed by atoms with Crippen LogP contribution < -0.4 is 0 Å². The van der Waals surface area contributed by atoms with E-state index in [1.807, 2.05) is 0 Å². The summed E-state index contributed by atoms with van der Waals surface area (Å²) < 4.78 is 4.98. The molecule has 1 fully saturated rings. The predicted octanol–water partition coefficient (Wildman–Crippen LogP) is 1.13. The molecule has 0 aromatic rings. The average molecular weight is 227 g/mol. The van der Waals surface area contributed by atoms with Gasteiger partial charge in [0.1, 0.15) is 0 Å². The van der Waals surface area contributed by atoms with Crippen molar-refractivity contribution in [1.29, 1.82) is 0 Å². The number of hydrogen-bond acceptors (Lipinski definition) is 4. The Labute approximate surface area is 92.6 Å². The number of fused-ring (bicyclic) bond motifs is 1. The van der Waals surface area contributed by atoms with E-state index in [1.165, 1.54) is 11.8 Å². The molecule has 0 aromatic heterocycles. The molecular formula is C10H13NO3S. The number of nitrogens with zero attached hydrogens (tertiary/aromatic N) is 1. The van der Waals surface area contributed by atoms with Gasteiger partial charge in [0.05, 0.1) is 23.0 Å². The molecule has 0 saturated carbocycles. The first-order chi connectivity index (χ1) is 7.24. The van der Waals surface area contributed by atoms with E-state index in [2.05, 4.69) is 0 Å². The third-order valence-corrected chi connectivity index (χ3v) is 3.60. The molecule has 0 radical (unpaired) electrons. The van der Waals surface area contributed by atoms with E-state index in [1.54, 1.807) is 11.8 Å². The Morgan fingerprint density at radius 3 is 3.13 bits per heavy atom. The van der Waals surface area contributed by atoms with Crippen LogP contribution in [0.15, 0.2) is 10.6 Å². The first-order valence-electron chi connectivity index (χ1n) is 5.07. The Morgan fingerprint density at radius 1 is 1.60 bits per heavy atom. The fourth-order valence-electron chi connectivity index (χ4n) is 1.80. The van der Waals surface area contributed by atoms with Crippen LogP contribution in [0.1, 0.15) is 19.8 Å². The summed E-state index contributed by atoms with van der Waals surface area (Å²) in [6, 6.07) is 0. The standard InChI is InChI=1S/C10H13NO3S/c1-2-14-10(13)7-4-3-5-11-8(12)6-15-9(7)11/h2-6H2,1H3. The molecule has 2 aliphatic rings. The van der Waals surface area contributed by atoms with Gasteiger partial charge in [0.2, 0.25) is 5.91 Å². The molecule has 0 atom stereocenters. The number of carbonyl (C=O) groups is 2. The molecule has 4 nitrogen and oxygen atoms in total. The highest BCUT2D eigenvalue weighted by Crippen LogP contribution is 2.36. The summed E-state index contributed by atoms with van der Waals surface area (Å²) in [6.07, 6.45) is 1.58. The molecule has 0 N–H and O–H groups in total. The number of amides is 1. The normalized spacial score (nSPS) is 20.6. The second-order valence-corrected chi connectivity index (χ2v) is 4.41. The Bertz CT molecular complexity index is 338. The van der Waals surface area contributed by atoms with E-state index < -0.39 is 0 Å². The van der Waals surface area contributed by atoms with Gasteiger partial charge in [0.25, 0.3) is 0 Å². The van der Waals surface area contributed by atoms with Crippen LogP contribution >= 0.6 is 11.8 Å². The largest absolute Gasteiger partial charge is 0.463 e. The van der Waals surface area contributed by atoms with Gasteiger partial charge < -0.3 is 9.64 Å². The van der Waals surface area contributed by atoms with Gasteiger partial charge >= 0.3 is 5.97 Å². The zero-order chi connectivity index (χ0) is 10.8. The van der Waals surface area contributed by atoms with E-state index in [-0.39, 0.29) is 11.9 Å². The second-order valence-electron chi connectivity index (χ2n) is 3.44. The van der Waals surface area contributed by atoms with Gasteiger partial charge in [0.15, 0.2) is 0 Å². The summed E-state index contributed by atoms with van der Waals surface area (Å²) in [5, 5.41) is 0.824. The molecule has 1 saturated heterocycles. The Balaban J connectivity index is 2.25. The third-order valence-electron chi connectivity index (χ3n) is 2.47.